The molecule has 2 aliphatic heterocycles. The molecule has 11 heteroatoms. The van der Waals surface area contributed by atoms with Crippen molar-refractivity contribution in [1.82, 2.24) is 24.9 Å². The summed E-state index contributed by atoms with van der Waals surface area (Å²) in [6.07, 6.45) is 4.20. The SMILES string of the molecule is NC1(Cc2cn3nc(C[C@H]4C[C@@H](C(F)(F)F)CNC4=O)c(C4CCOCC4)nc3n2)CC(C2CC2)C1. The monoisotopic (exact) mass is 506 g/mol. The average molecular weight is 507 g/mol. The summed E-state index contributed by atoms with van der Waals surface area (Å²) in [5.74, 6) is -0.587. The van der Waals surface area contributed by atoms with Gasteiger partial charge in [-0.3, -0.25) is 4.79 Å². The number of rotatable bonds is 6. The third kappa shape index (κ3) is 4.83. The van der Waals surface area contributed by atoms with E-state index in [1.165, 1.54) is 12.8 Å². The summed E-state index contributed by atoms with van der Waals surface area (Å²) >= 11 is 0. The maximum Gasteiger partial charge on any atom is 0.393 e. The standard InChI is InChI=1S/C25H33F3N6O2/c26-25(27,28)18-7-16(22(35)30-12-18)8-20-21(15-3-5-36-6-4-15)32-23-31-19(13-34(23)33-20)11-24(29)9-17(10-24)14-1-2-14/h13-18H,1-12,29H2,(H,30,35)/t16-,17?,18-,24?/m1/s1. The van der Waals surface area contributed by atoms with E-state index in [1.54, 1.807) is 4.52 Å². The molecule has 2 aliphatic carbocycles. The van der Waals surface area contributed by atoms with Gasteiger partial charge < -0.3 is 15.8 Å². The molecule has 6 rings (SSSR count). The van der Waals surface area contributed by atoms with E-state index in [-0.39, 0.29) is 36.8 Å². The second-order valence-electron chi connectivity index (χ2n) is 11.5. The lowest BCUT2D eigenvalue weighted by molar-refractivity contribution is -0.183. The van der Waals surface area contributed by atoms with Crippen LogP contribution >= 0.6 is 0 Å². The van der Waals surface area contributed by atoms with Gasteiger partial charge in [0.15, 0.2) is 0 Å². The summed E-state index contributed by atoms with van der Waals surface area (Å²) in [6, 6.07) is 0. The van der Waals surface area contributed by atoms with E-state index < -0.39 is 18.0 Å². The number of carbonyl (C=O) groups is 1. The number of halogens is 3. The van der Waals surface area contributed by atoms with Gasteiger partial charge in [0.2, 0.25) is 5.91 Å². The topological polar surface area (TPSA) is 107 Å². The van der Waals surface area contributed by atoms with Crippen LogP contribution in [0.1, 0.15) is 67.9 Å². The number of piperidine rings is 1. The highest BCUT2D eigenvalue weighted by Gasteiger charge is 2.48. The molecule has 2 atom stereocenters. The number of imidazole rings is 1. The molecule has 3 N–H and O–H groups in total. The van der Waals surface area contributed by atoms with Gasteiger partial charge in [-0.15, -0.1) is 0 Å². The molecule has 4 aliphatic rings. The van der Waals surface area contributed by atoms with E-state index in [9.17, 15) is 18.0 Å². The Kier molecular flexibility index (Phi) is 5.98. The third-order valence-corrected chi connectivity index (χ3v) is 8.60. The number of amides is 1. The Morgan fingerprint density at radius 3 is 2.58 bits per heavy atom. The summed E-state index contributed by atoms with van der Waals surface area (Å²) in [6.45, 7) is 0.812. The van der Waals surface area contributed by atoms with Gasteiger partial charge in [0, 0.05) is 50.0 Å². The van der Waals surface area contributed by atoms with Gasteiger partial charge in [-0.05, 0) is 56.8 Å². The number of nitrogens with one attached hydrogen (secondary N) is 1. The Morgan fingerprint density at radius 1 is 1.14 bits per heavy atom. The van der Waals surface area contributed by atoms with Crippen LogP contribution in [0.2, 0.25) is 0 Å². The van der Waals surface area contributed by atoms with Gasteiger partial charge in [0.05, 0.1) is 29.2 Å². The second-order valence-corrected chi connectivity index (χ2v) is 11.5. The summed E-state index contributed by atoms with van der Waals surface area (Å²) in [7, 11) is 0. The van der Waals surface area contributed by atoms with Crippen molar-refractivity contribution >= 4 is 11.7 Å². The Morgan fingerprint density at radius 2 is 1.89 bits per heavy atom. The zero-order valence-electron chi connectivity index (χ0n) is 20.3. The normalized spacial score (nSPS) is 31.9. The largest absolute Gasteiger partial charge is 0.393 e. The molecule has 36 heavy (non-hydrogen) atoms. The zero-order valence-corrected chi connectivity index (χ0v) is 20.3. The number of aromatic nitrogens is 4. The number of fused-ring (bicyclic) bond motifs is 1. The lowest BCUT2D eigenvalue weighted by Crippen LogP contribution is -2.54. The van der Waals surface area contributed by atoms with Crippen molar-refractivity contribution in [1.29, 1.82) is 0 Å². The molecule has 196 valence electrons. The van der Waals surface area contributed by atoms with Gasteiger partial charge in [-0.25, -0.2) is 14.5 Å². The number of nitrogens with zero attached hydrogens (tertiary/aromatic N) is 4. The fourth-order valence-corrected chi connectivity index (χ4v) is 6.39. The minimum atomic E-state index is -4.34. The minimum absolute atomic E-state index is 0.0725. The molecule has 4 heterocycles. The maximum absolute atomic E-state index is 13.4. The molecule has 0 bridgehead atoms. The number of nitrogens with two attached hydrogens (primary N) is 1. The van der Waals surface area contributed by atoms with Crippen LogP contribution in [0.5, 0.6) is 0 Å². The van der Waals surface area contributed by atoms with E-state index in [4.69, 9.17) is 25.5 Å². The molecule has 0 aromatic carbocycles. The van der Waals surface area contributed by atoms with E-state index in [2.05, 4.69) is 5.32 Å². The number of ether oxygens (including phenoxy) is 1. The Labute approximate surface area is 207 Å². The highest BCUT2D eigenvalue weighted by Crippen LogP contribution is 2.51. The summed E-state index contributed by atoms with van der Waals surface area (Å²) in [5.41, 5.74) is 8.52. The molecule has 2 aromatic heterocycles. The molecule has 2 saturated heterocycles. The second kappa shape index (κ2) is 8.93. The molecular weight excluding hydrogens is 473 g/mol. The van der Waals surface area contributed by atoms with Crippen LogP contribution in [-0.2, 0) is 22.4 Å². The van der Waals surface area contributed by atoms with E-state index in [0.717, 1.165) is 48.9 Å². The Bertz CT molecular complexity index is 1130. The smallest absolute Gasteiger partial charge is 0.381 e. The van der Waals surface area contributed by atoms with Gasteiger partial charge in [0.25, 0.3) is 5.78 Å². The maximum atomic E-state index is 13.4. The summed E-state index contributed by atoms with van der Waals surface area (Å²) in [4.78, 5) is 22.1. The van der Waals surface area contributed by atoms with Gasteiger partial charge >= 0.3 is 6.18 Å². The molecule has 4 fully saturated rings. The van der Waals surface area contributed by atoms with Crippen LogP contribution in [-0.4, -0.2) is 57.0 Å². The molecule has 8 nitrogen and oxygen atoms in total. The summed E-state index contributed by atoms with van der Waals surface area (Å²) < 4.78 is 47.3. The van der Waals surface area contributed by atoms with Gasteiger partial charge in [0.1, 0.15) is 0 Å². The quantitative estimate of drug-likeness (QED) is 0.624. The van der Waals surface area contributed by atoms with Crippen LogP contribution in [0.4, 0.5) is 13.2 Å². The first-order chi connectivity index (χ1) is 17.2. The van der Waals surface area contributed by atoms with Crippen molar-refractivity contribution in [2.75, 3.05) is 19.8 Å². The first-order valence-corrected chi connectivity index (χ1v) is 13.1. The first kappa shape index (κ1) is 24.1. The zero-order chi connectivity index (χ0) is 25.1. The molecule has 2 saturated carbocycles. The fourth-order valence-electron chi connectivity index (χ4n) is 6.39. The predicted molar refractivity (Wildman–Crippen MR) is 124 cm³/mol. The Balaban J connectivity index is 1.27. The van der Waals surface area contributed by atoms with Crippen molar-refractivity contribution in [2.45, 2.75) is 75.4 Å². The van der Waals surface area contributed by atoms with Crippen LogP contribution in [0.25, 0.3) is 5.78 Å². The lowest BCUT2D eigenvalue weighted by Gasteiger charge is -2.45. The molecule has 2 aromatic rings. The minimum Gasteiger partial charge on any atom is -0.381 e. The van der Waals surface area contributed by atoms with Gasteiger partial charge in [-0.2, -0.15) is 18.3 Å². The van der Waals surface area contributed by atoms with E-state index in [1.807, 2.05) is 6.20 Å². The average Bonchev–Trinajstić information content (AvgIpc) is 3.58. The van der Waals surface area contributed by atoms with Crippen LogP contribution in [0.15, 0.2) is 6.20 Å². The van der Waals surface area contributed by atoms with Crippen LogP contribution in [0, 0.1) is 23.7 Å². The van der Waals surface area contributed by atoms with Crippen molar-refractivity contribution in [3.8, 4) is 0 Å². The van der Waals surface area contributed by atoms with Crippen LogP contribution in [0.3, 0.4) is 0 Å². The molecule has 0 unspecified atom stereocenters. The number of carbonyl (C=O) groups excluding carboxylic acids is 1. The number of hydrogen-bond acceptors (Lipinski definition) is 6. The first-order valence-electron chi connectivity index (χ1n) is 13.1. The van der Waals surface area contributed by atoms with Gasteiger partial charge in [-0.1, -0.05) is 0 Å². The molecule has 1 amide bonds. The molecule has 0 radical (unpaired) electrons. The third-order valence-electron chi connectivity index (χ3n) is 8.60. The van der Waals surface area contributed by atoms with E-state index in [0.29, 0.717) is 31.1 Å². The lowest BCUT2D eigenvalue weighted by atomic mass is 9.65. The Hall–Kier alpha value is -2.27. The highest BCUT2D eigenvalue weighted by atomic mass is 19.4. The van der Waals surface area contributed by atoms with Crippen molar-refractivity contribution in [2.24, 2.45) is 29.4 Å². The summed E-state index contributed by atoms with van der Waals surface area (Å²) in [5, 5.41) is 7.21. The van der Waals surface area contributed by atoms with E-state index >= 15 is 0 Å². The van der Waals surface area contributed by atoms with Crippen LogP contribution < -0.4 is 11.1 Å². The van der Waals surface area contributed by atoms with Crippen molar-refractivity contribution in [3.05, 3.63) is 23.3 Å². The number of alkyl halides is 3. The van der Waals surface area contributed by atoms with Crippen molar-refractivity contribution < 1.29 is 22.7 Å². The number of hydrogen-bond donors (Lipinski definition) is 2. The predicted octanol–water partition coefficient (Wildman–Crippen LogP) is 2.94. The molecule has 0 spiro atoms. The molecular formula is C25H33F3N6O2. The van der Waals surface area contributed by atoms with Crippen molar-refractivity contribution in [3.63, 3.8) is 0 Å². The highest BCUT2D eigenvalue weighted by molar-refractivity contribution is 5.79. The fraction of sp³-hybridized carbons (Fsp3) is 0.760.